The molecule has 1 heterocycles. The Bertz CT molecular complexity index is 537. The molecule has 0 saturated heterocycles. The van der Waals surface area contributed by atoms with Gasteiger partial charge in [-0.05, 0) is 13.0 Å². The smallest absolute Gasteiger partial charge is 0.322 e. The number of nitrogens with zero attached hydrogens (tertiary/aromatic N) is 1. The molecule has 19 heavy (non-hydrogen) atoms. The van der Waals surface area contributed by atoms with E-state index in [9.17, 15) is 14.0 Å². The lowest BCUT2D eigenvalue weighted by atomic mass is 10.00. The Morgan fingerprint density at radius 3 is 2.68 bits per heavy atom. The zero-order valence-corrected chi connectivity index (χ0v) is 11.3. The molecule has 0 amide bonds. The van der Waals surface area contributed by atoms with Gasteiger partial charge in [-0.25, -0.2) is 9.37 Å². The van der Waals surface area contributed by atoms with Gasteiger partial charge in [0.05, 0.1) is 12.2 Å². The lowest BCUT2D eigenvalue weighted by Crippen LogP contribution is -2.28. The topological polar surface area (TPSA) is 80.1 Å². The number of Topliss-reactive ketones (excluding diaryl/α,β-unsaturated/α-hetero) is 1. The second-order valence-electron chi connectivity index (χ2n) is 3.36. The SMILES string of the molecule is CCOC(=O)C(C=N)C(=O)c1cc(F)c(Cl)nc1Cl. The summed E-state index contributed by atoms with van der Waals surface area (Å²) in [5, 5.41) is 6.26. The molecule has 1 aromatic rings. The highest BCUT2D eigenvalue weighted by molar-refractivity contribution is 6.36. The normalized spacial score (nSPS) is 11.8. The van der Waals surface area contributed by atoms with Crippen molar-refractivity contribution in [3.63, 3.8) is 0 Å². The Morgan fingerprint density at radius 1 is 1.53 bits per heavy atom. The van der Waals surface area contributed by atoms with Crippen molar-refractivity contribution in [1.29, 1.82) is 5.41 Å². The lowest BCUT2D eigenvalue weighted by molar-refractivity contribution is -0.143. The van der Waals surface area contributed by atoms with Gasteiger partial charge in [0, 0.05) is 6.21 Å². The summed E-state index contributed by atoms with van der Waals surface area (Å²) < 4.78 is 17.9. The van der Waals surface area contributed by atoms with Gasteiger partial charge in [-0.15, -0.1) is 0 Å². The first kappa shape index (κ1) is 15.5. The molecule has 1 unspecified atom stereocenters. The molecule has 1 aromatic heterocycles. The molecule has 1 N–H and O–H groups in total. The fourth-order valence-corrected chi connectivity index (χ4v) is 1.68. The molecule has 0 radical (unpaired) electrons. The van der Waals surface area contributed by atoms with E-state index in [0.29, 0.717) is 6.21 Å². The maximum absolute atomic E-state index is 13.3. The van der Waals surface area contributed by atoms with Crippen LogP contribution in [0.1, 0.15) is 17.3 Å². The van der Waals surface area contributed by atoms with Crippen molar-refractivity contribution in [3.05, 3.63) is 27.8 Å². The average molecular weight is 307 g/mol. The third kappa shape index (κ3) is 3.48. The number of carbonyl (C=O) groups excluding carboxylic acids is 2. The van der Waals surface area contributed by atoms with Crippen molar-refractivity contribution in [3.8, 4) is 0 Å². The second-order valence-corrected chi connectivity index (χ2v) is 4.08. The zero-order chi connectivity index (χ0) is 14.6. The van der Waals surface area contributed by atoms with Crippen LogP contribution in [0.5, 0.6) is 0 Å². The van der Waals surface area contributed by atoms with Crippen LogP contribution >= 0.6 is 23.2 Å². The number of hydrogen-bond donors (Lipinski definition) is 1. The first-order valence-corrected chi connectivity index (χ1v) is 5.90. The minimum absolute atomic E-state index is 0.0530. The molecule has 102 valence electrons. The number of ether oxygens (including phenoxy) is 1. The van der Waals surface area contributed by atoms with E-state index in [1.165, 1.54) is 0 Å². The van der Waals surface area contributed by atoms with E-state index in [0.717, 1.165) is 6.07 Å². The van der Waals surface area contributed by atoms with Gasteiger partial charge in [0.1, 0.15) is 5.15 Å². The molecule has 0 aliphatic heterocycles. The number of pyridine rings is 1. The molecule has 0 spiro atoms. The van der Waals surface area contributed by atoms with Crippen LogP contribution in [0.25, 0.3) is 0 Å². The lowest BCUT2D eigenvalue weighted by Gasteiger charge is -2.10. The van der Waals surface area contributed by atoms with E-state index >= 15 is 0 Å². The molecule has 0 bridgehead atoms. The summed E-state index contributed by atoms with van der Waals surface area (Å²) in [6.45, 7) is 1.61. The highest BCUT2D eigenvalue weighted by Gasteiger charge is 2.29. The van der Waals surface area contributed by atoms with Gasteiger partial charge < -0.3 is 10.1 Å². The summed E-state index contributed by atoms with van der Waals surface area (Å²) in [6.07, 6.45) is 0.600. The van der Waals surface area contributed by atoms with Gasteiger partial charge >= 0.3 is 5.97 Å². The van der Waals surface area contributed by atoms with Gasteiger partial charge in [0.15, 0.2) is 22.7 Å². The van der Waals surface area contributed by atoms with Gasteiger partial charge in [-0.2, -0.15) is 0 Å². The first-order valence-electron chi connectivity index (χ1n) is 5.15. The Hall–Kier alpha value is -1.53. The van der Waals surface area contributed by atoms with E-state index in [1.807, 2.05) is 0 Å². The number of ketones is 1. The van der Waals surface area contributed by atoms with Gasteiger partial charge in [0.25, 0.3) is 0 Å². The number of hydrogen-bond acceptors (Lipinski definition) is 5. The number of esters is 1. The number of carbonyl (C=O) groups is 2. The maximum atomic E-state index is 13.3. The van der Waals surface area contributed by atoms with Crippen molar-refractivity contribution < 1.29 is 18.7 Å². The second kappa shape index (κ2) is 6.58. The largest absolute Gasteiger partial charge is 0.465 e. The van der Waals surface area contributed by atoms with E-state index in [2.05, 4.69) is 9.72 Å². The number of rotatable bonds is 5. The molecule has 0 aromatic carbocycles. The molecule has 8 heteroatoms. The van der Waals surface area contributed by atoms with E-state index in [1.54, 1.807) is 6.92 Å². The molecule has 0 saturated carbocycles. The zero-order valence-electron chi connectivity index (χ0n) is 9.75. The van der Waals surface area contributed by atoms with Crippen molar-refractivity contribution in [2.75, 3.05) is 6.61 Å². The summed E-state index contributed by atoms with van der Waals surface area (Å²) in [7, 11) is 0. The molecular formula is C11H9Cl2FN2O3. The standard InChI is InChI=1S/C11H9Cl2FN2O3/c1-2-19-11(18)6(4-15)8(17)5-3-7(14)10(13)16-9(5)12/h3-4,6,15H,2H2,1H3. The number of halogens is 3. The number of nitrogens with one attached hydrogen (secondary N) is 1. The Balaban J connectivity index is 3.14. The molecular weight excluding hydrogens is 298 g/mol. The summed E-state index contributed by atoms with van der Waals surface area (Å²) in [5.41, 5.74) is -0.329. The van der Waals surface area contributed by atoms with Crippen LogP contribution in [0.3, 0.4) is 0 Å². The highest BCUT2D eigenvalue weighted by atomic mass is 35.5. The van der Waals surface area contributed by atoms with Crippen molar-refractivity contribution in [2.24, 2.45) is 5.92 Å². The van der Waals surface area contributed by atoms with E-state index < -0.39 is 28.6 Å². The molecule has 0 fully saturated rings. The molecule has 1 rings (SSSR count). The van der Waals surface area contributed by atoms with Crippen LogP contribution in [0.2, 0.25) is 10.3 Å². The number of aromatic nitrogens is 1. The first-order chi connectivity index (χ1) is 8.92. The van der Waals surface area contributed by atoms with Gasteiger partial charge in [-0.1, -0.05) is 23.2 Å². The van der Waals surface area contributed by atoms with Gasteiger partial charge in [0.2, 0.25) is 0 Å². The predicted molar refractivity (Wildman–Crippen MR) is 67.5 cm³/mol. The molecule has 0 aliphatic carbocycles. The minimum atomic E-state index is -1.49. The van der Waals surface area contributed by atoms with Crippen LogP contribution in [0.4, 0.5) is 4.39 Å². The van der Waals surface area contributed by atoms with Crippen LogP contribution in [-0.4, -0.2) is 29.6 Å². The Labute approximate surface area is 118 Å². The minimum Gasteiger partial charge on any atom is -0.465 e. The quantitative estimate of drug-likeness (QED) is 0.298. The van der Waals surface area contributed by atoms with Crippen LogP contribution < -0.4 is 0 Å². The third-order valence-electron chi connectivity index (χ3n) is 2.14. The summed E-state index contributed by atoms with van der Waals surface area (Å²) in [5.74, 6) is -4.21. The fourth-order valence-electron chi connectivity index (χ4n) is 1.27. The van der Waals surface area contributed by atoms with Crippen molar-refractivity contribution in [2.45, 2.75) is 6.92 Å². The summed E-state index contributed by atoms with van der Waals surface area (Å²) >= 11 is 11.1. The van der Waals surface area contributed by atoms with Crippen LogP contribution in [0, 0.1) is 17.1 Å². The van der Waals surface area contributed by atoms with Crippen molar-refractivity contribution >= 4 is 41.2 Å². The summed E-state index contributed by atoms with van der Waals surface area (Å²) in [6, 6.07) is 0.774. The molecule has 0 aliphatic rings. The van der Waals surface area contributed by atoms with E-state index in [-0.39, 0.29) is 17.3 Å². The van der Waals surface area contributed by atoms with Crippen molar-refractivity contribution in [1.82, 2.24) is 4.98 Å². The fraction of sp³-hybridized carbons (Fsp3) is 0.273. The molecule has 5 nitrogen and oxygen atoms in total. The maximum Gasteiger partial charge on any atom is 0.322 e. The molecule has 1 atom stereocenters. The van der Waals surface area contributed by atoms with Crippen LogP contribution in [-0.2, 0) is 9.53 Å². The Kier molecular flexibility index (Phi) is 5.38. The predicted octanol–water partition coefficient (Wildman–Crippen LogP) is 2.54. The highest BCUT2D eigenvalue weighted by Crippen LogP contribution is 2.22. The average Bonchev–Trinajstić information content (AvgIpc) is 2.34. The summed E-state index contributed by atoms with van der Waals surface area (Å²) in [4.78, 5) is 26.9. The monoisotopic (exact) mass is 306 g/mol. The van der Waals surface area contributed by atoms with Gasteiger partial charge in [-0.3, -0.25) is 9.59 Å². The van der Waals surface area contributed by atoms with Crippen LogP contribution in [0.15, 0.2) is 6.07 Å². The van der Waals surface area contributed by atoms with E-state index in [4.69, 9.17) is 28.6 Å². The third-order valence-corrected chi connectivity index (χ3v) is 2.70. The Morgan fingerprint density at radius 2 is 2.16 bits per heavy atom.